The van der Waals surface area contributed by atoms with Crippen LogP contribution in [0.4, 0.5) is 0 Å². The number of azide groups is 1. The van der Waals surface area contributed by atoms with E-state index in [0.717, 1.165) is 13.8 Å². The molecule has 3 unspecified atom stereocenters. The van der Waals surface area contributed by atoms with Gasteiger partial charge in [-0.3, -0.25) is 19.2 Å². The molecule has 0 spiro atoms. The topological polar surface area (TPSA) is 154 Å². The Morgan fingerprint density at radius 1 is 1.04 bits per heavy atom. The Kier molecular flexibility index (Phi) is 8.36. The van der Waals surface area contributed by atoms with Crippen LogP contribution in [0.1, 0.15) is 27.7 Å². The zero-order valence-electron chi connectivity index (χ0n) is 14.6. The molecule has 0 aromatic carbocycles. The number of nitrogens with zero attached hydrogens (tertiary/aromatic N) is 3. The molecule has 0 saturated carbocycles. The van der Waals surface area contributed by atoms with Crippen LogP contribution >= 0.6 is 11.8 Å². The van der Waals surface area contributed by atoms with Crippen molar-refractivity contribution in [2.75, 3.05) is 6.61 Å². The van der Waals surface area contributed by atoms with Gasteiger partial charge in [-0.05, 0) is 5.53 Å². The number of hydrogen-bond donors (Lipinski definition) is 0. The molecule has 0 amide bonds. The van der Waals surface area contributed by atoms with Crippen molar-refractivity contribution in [1.82, 2.24) is 0 Å². The summed E-state index contributed by atoms with van der Waals surface area (Å²) in [6, 6.07) is -1.18. The molecule has 0 aliphatic carbocycles. The molecule has 1 rings (SSSR count). The second-order valence-electron chi connectivity index (χ2n) is 5.30. The smallest absolute Gasteiger partial charge is 0.303 e. The van der Waals surface area contributed by atoms with E-state index >= 15 is 0 Å². The highest BCUT2D eigenvalue weighted by molar-refractivity contribution is 8.14. The summed E-state index contributed by atoms with van der Waals surface area (Å²) in [7, 11) is 0. The van der Waals surface area contributed by atoms with E-state index in [-0.39, 0.29) is 11.7 Å². The maximum absolute atomic E-state index is 11.5. The fourth-order valence-electron chi connectivity index (χ4n) is 2.33. The first-order valence-corrected chi connectivity index (χ1v) is 8.38. The van der Waals surface area contributed by atoms with Gasteiger partial charge in [-0.25, -0.2) is 0 Å². The average molecular weight is 389 g/mol. The normalized spacial score (nSPS) is 27.6. The number of esters is 3. The fraction of sp³-hybridized carbons (Fsp3) is 0.714. The lowest BCUT2D eigenvalue weighted by atomic mass is 9.97. The van der Waals surface area contributed by atoms with Crippen molar-refractivity contribution in [3.63, 3.8) is 0 Å². The Bertz CT molecular complexity index is 621. The van der Waals surface area contributed by atoms with E-state index < -0.39 is 47.7 Å². The number of hydrogen-bond acceptors (Lipinski definition) is 10. The van der Waals surface area contributed by atoms with Crippen molar-refractivity contribution in [2.45, 2.75) is 57.5 Å². The number of thioether (sulfide) groups is 1. The zero-order chi connectivity index (χ0) is 19.9. The molecular formula is C14H19N3O8S. The Labute approximate surface area is 153 Å². The predicted molar refractivity (Wildman–Crippen MR) is 87.6 cm³/mol. The van der Waals surface area contributed by atoms with Gasteiger partial charge in [0.1, 0.15) is 36.4 Å². The van der Waals surface area contributed by atoms with Gasteiger partial charge in [0.05, 0.1) is 0 Å². The van der Waals surface area contributed by atoms with Crippen molar-refractivity contribution in [1.29, 1.82) is 0 Å². The van der Waals surface area contributed by atoms with Crippen LogP contribution in [0.3, 0.4) is 0 Å². The van der Waals surface area contributed by atoms with E-state index in [9.17, 15) is 19.2 Å². The predicted octanol–water partition coefficient (Wildman–Crippen LogP) is 1.10. The average Bonchev–Trinajstić information content (AvgIpc) is 2.50. The molecule has 11 nitrogen and oxygen atoms in total. The molecule has 1 saturated heterocycles. The molecule has 0 N–H and O–H groups in total. The molecule has 0 radical (unpaired) electrons. The molecule has 5 atom stereocenters. The van der Waals surface area contributed by atoms with Gasteiger partial charge < -0.3 is 18.9 Å². The lowest BCUT2D eigenvalue weighted by Crippen LogP contribution is -2.59. The summed E-state index contributed by atoms with van der Waals surface area (Å²) in [6.45, 7) is 4.41. The van der Waals surface area contributed by atoms with Crippen molar-refractivity contribution in [3.8, 4) is 0 Å². The number of rotatable bonds is 6. The van der Waals surface area contributed by atoms with Crippen LogP contribution in [0.5, 0.6) is 0 Å². The van der Waals surface area contributed by atoms with Gasteiger partial charge in [-0.1, -0.05) is 16.9 Å². The molecule has 0 aromatic heterocycles. The minimum atomic E-state index is -1.18. The van der Waals surface area contributed by atoms with Gasteiger partial charge in [-0.15, -0.1) is 0 Å². The molecule has 1 fully saturated rings. The molecule has 1 aliphatic heterocycles. The van der Waals surface area contributed by atoms with Crippen LogP contribution in [0.25, 0.3) is 10.4 Å². The zero-order valence-corrected chi connectivity index (χ0v) is 15.4. The minimum absolute atomic E-state index is 0.313. The van der Waals surface area contributed by atoms with E-state index in [1.165, 1.54) is 13.8 Å². The number of ether oxygens (including phenoxy) is 4. The van der Waals surface area contributed by atoms with E-state index in [1.807, 2.05) is 0 Å². The Morgan fingerprint density at radius 3 is 2.08 bits per heavy atom. The van der Waals surface area contributed by atoms with Crippen molar-refractivity contribution >= 4 is 34.8 Å². The first kappa shape index (κ1) is 21.7. The molecular weight excluding hydrogens is 370 g/mol. The molecule has 0 bridgehead atoms. The summed E-state index contributed by atoms with van der Waals surface area (Å²) < 4.78 is 20.9. The highest BCUT2D eigenvalue weighted by Gasteiger charge is 2.50. The Morgan fingerprint density at radius 2 is 1.62 bits per heavy atom. The highest BCUT2D eigenvalue weighted by atomic mass is 32.2. The van der Waals surface area contributed by atoms with E-state index in [2.05, 4.69) is 10.0 Å². The third kappa shape index (κ3) is 6.54. The summed E-state index contributed by atoms with van der Waals surface area (Å²) >= 11 is 0.711. The van der Waals surface area contributed by atoms with Crippen LogP contribution in [0.2, 0.25) is 0 Å². The number of carbonyl (C=O) groups is 4. The van der Waals surface area contributed by atoms with Crippen molar-refractivity contribution in [2.24, 2.45) is 5.11 Å². The fourth-order valence-corrected chi connectivity index (χ4v) is 3.21. The highest BCUT2D eigenvalue weighted by Crippen LogP contribution is 2.34. The summed E-state index contributed by atoms with van der Waals surface area (Å²) in [6.07, 6.45) is -3.40. The molecule has 12 heteroatoms. The molecule has 26 heavy (non-hydrogen) atoms. The summed E-state index contributed by atoms with van der Waals surface area (Å²) in [5, 5.41) is 3.22. The van der Waals surface area contributed by atoms with Crippen LogP contribution in [-0.4, -0.2) is 59.4 Å². The Hall–Kier alpha value is -2.30. The summed E-state index contributed by atoms with van der Waals surface area (Å²) in [5.74, 6) is -2.01. The largest absolute Gasteiger partial charge is 0.463 e. The van der Waals surface area contributed by atoms with E-state index in [4.69, 9.17) is 24.5 Å². The Balaban J connectivity index is 3.27. The summed E-state index contributed by atoms with van der Waals surface area (Å²) in [4.78, 5) is 48.2. The second kappa shape index (κ2) is 10.00. The molecule has 1 heterocycles. The van der Waals surface area contributed by atoms with Crippen molar-refractivity contribution < 1.29 is 38.1 Å². The molecule has 144 valence electrons. The summed E-state index contributed by atoms with van der Waals surface area (Å²) in [5.41, 5.74) is 7.83. The van der Waals surface area contributed by atoms with Gasteiger partial charge in [0.25, 0.3) is 0 Å². The van der Waals surface area contributed by atoms with E-state index in [0.29, 0.717) is 11.8 Å². The minimum Gasteiger partial charge on any atom is -0.463 e. The monoisotopic (exact) mass is 389 g/mol. The third-order valence-corrected chi connectivity index (χ3v) is 4.08. The third-order valence-electron chi connectivity index (χ3n) is 3.14. The quantitative estimate of drug-likeness (QED) is 0.213. The lowest BCUT2D eigenvalue weighted by Gasteiger charge is -2.43. The SMILES string of the molecule is CC(=O)OCC1O[C@H](SC(C)=O)C(OC(C)=O)C(N=[N+]=[N-])[C@H]1OC(C)=O. The van der Waals surface area contributed by atoms with Crippen LogP contribution in [-0.2, 0) is 38.1 Å². The lowest BCUT2D eigenvalue weighted by molar-refractivity contribution is -0.201. The molecule has 0 aromatic rings. The maximum Gasteiger partial charge on any atom is 0.303 e. The van der Waals surface area contributed by atoms with Crippen LogP contribution in [0.15, 0.2) is 5.11 Å². The standard InChI is InChI=1S/C14H19N3O8S/c1-6(18)22-5-10-12(23-7(2)19)11(16-17-15)13(24-8(3)20)14(25-10)26-9(4)21/h10-14H,5H2,1-4H3/t10?,11?,12-,13?,14+/m0/s1. The maximum atomic E-state index is 11.5. The first-order valence-electron chi connectivity index (χ1n) is 7.50. The van der Waals surface area contributed by atoms with Gasteiger partial charge in [-0.2, -0.15) is 0 Å². The second-order valence-corrected chi connectivity index (χ2v) is 6.57. The van der Waals surface area contributed by atoms with E-state index in [1.54, 1.807) is 0 Å². The van der Waals surface area contributed by atoms with Crippen molar-refractivity contribution in [3.05, 3.63) is 10.4 Å². The van der Waals surface area contributed by atoms with Crippen LogP contribution < -0.4 is 0 Å². The van der Waals surface area contributed by atoms with Gasteiger partial charge in [0.15, 0.2) is 5.12 Å². The first-order chi connectivity index (χ1) is 12.1. The number of carbonyl (C=O) groups excluding carboxylic acids is 4. The molecule has 1 aliphatic rings. The van der Waals surface area contributed by atoms with Gasteiger partial charge >= 0.3 is 17.9 Å². The van der Waals surface area contributed by atoms with Crippen LogP contribution in [0, 0.1) is 0 Å². The van der Waals surface area contributed by atoms with Gasteiger partial charge in [0.2, 0.25) is 0 Å². The van der Waals surface area contributed by atoms with Gasteiger partial charge in [0, 0.05) is 32.6 Å².